The van der Waals surface area contributed by atoms with Gasteiger partial charge in [0.2, 0.25) is 5.91 Å². The predicted octanol–water partition coefficient (Wildman–Crippen LogP) is 2.47. The number of aryl methyl sites for hydroxylation is 1. The van der Waals surface area contributed by atoms with Gasteiger partial charge in [-0.15, -0.1) is 0 Å². The third-order valence-electron chi connectivity index (χ3n) is 5.45. The lowest BCUT2D eigenvalue weighted by atomic mass is 9.91. The molecule has 2 N–H and O–H groups in total. The molecule has 0 aliphatic carbocycles. The van der Waals surface area contributed by atoms with Crippen molar-refractivity contribution < 1.29 is 4.79 Å². The van der Waals surface area contributed by atoms with E-state index in [1.807, 2.05) is 13.2 Å². The molecule has 1 amide bonds. The molecule has 0 spiro atoms. The molecule has 1 aromatic carbocycles. The smallest absolute Gasteiger partial charge is 0.242 e. The van der Waals surface area contributed by atoms with E-state index in [1.54, 1.807) is 17.9 Å². The van der Waals surface area contributed by atoms with Crippen LogP contribution in [0.15, 0.2) is 36.7 Å². The Kier molecular flexibility index (Phi) is 6.86. The van der Waals surface area contributed by atoms with Crippen molar-refractivity contribution in [2.75, 3.05) is 20.1 Å². The number of nitrogens with zero attached hydrogens (tertiary/aromatic N) is 3. The lowest BCUT2D eigenvalue weighted by Crippen LogP contribution is -2.38. The maximum Gasteiger partial charge on any atom is 0.242 e. The second-order valence-electron chi connectivity index (χ2n) is 8.34. The number of nitrogens with one attached hydrogen (secondary N) is 2. The number of piperidine rings is 1. The van der Waals surface area contributed by atoms with Crippen LogP contribution in [0.2, 0.25) is 0 Å². The first-order valence-electron chi connectivity index (χ1n) is 10.2. The molecule has 1 aromatic heterocycles. The summed E-state index contributed by atoms with van der Waals surface area (Å²) in [6.45, 7) is 8.58. The van der Waals surface area contributed by atoms with E-state index in [-0.39, 0.29) is 5.91 Å². The van der Waals surface area contributed by atoms with Crippen LogP contribution in [0.25, 0.3) is 0 Å². The Hall–Kier alpha value is -2.18. The zero-order valence-corrected chi connectivity index (χ0v) is 17.5. The van der Waals surface area contributed by atoms with Gasteiger partial charge in [0, 0.05) is 45.0 Å². The lowest BCUT2D eigenvalue weighted by molar-refractivity contribution is -0.123. The third-order valence-corrected chi connectivity index (χ3v) is 5.45. The van der Waals surface area contributed by atoms with E-state index in [9.17, 15) is 4.79 Å². The zero-order valence-electron chi connectivity index (χ0n) is 17.5. The summed E-state index contributed by atoms with van der Waals surface area (Å²) in [4.78, 5) is 15.1. The molecule has 0 bridgehead atoms. The molecule has 152 valence electrons. The molecule has 2 heterocycles. The van der Waals surface area contributed by atoms with Gasteiger partial charge in [0.05, 0.1) is 6.20 Å². The van der Waals surface area contributed by atoms with Gasteiger partial charge in [0.25, 0.3) is 0 Å². The van der Waals surface area contributed by atoms with Gasteiger partial charge in [-0.05, 0) is 36.4 Å². The first kappa shape index (κ1) is 20.6. The van der Waals surface area contributed by atoms with Gasteiger partial charge in [0.15, 0.2) is 0 Å². The highest BCUT2D eigenvalue weighted by Gasteiger charge is 2.22. The normalized spacial score (nSPS) is 21.4. The number of benzene rings is 1. The number of likely N-dealkylation sites (N-methyl/N-ethyl adjacent to an activating group) is 1. The van der Waals surface area contributed by atoms with Crippen molar-refractivity contribution in [3.8, 4) is 0 Å². The minimum atomic E-state index is -0.393. The maximum absolute atomic E-state index is 12.5. The summed E-state index contributed by atoms with van der Waals surface area (Å²) in [5, 5.41) is 10.2. The van der Waals surface area contributed by atoms with Crippen molar-refractivity contribution in [3.05, 3.63) is 53.3 Å². The minimum absolute atomic E-state index is 0.0455. The molecule has 2 aromatic rings. The molecule has 1 saturated heterocycles. The van der Waals surface area contributed by atoms with Crippen LogP contribution in [0, 0.1) is 11.8 Å². The predicted molar refractivity (Wildman–Crippen MR) is 112 cm³/mol. The Morgan fingerprint density at radius 3 is 2.39 bits per heavy atom. The largest absolute Gasteiger partial charge is 0.350 e. The molecule has 1 aliphatic heterocycles. The average Bonchev–Trinajstić information content (AvgIpc) is 3.07. The molecular formula is C22H33N5O. The van der Waals surface area contributed by atoms with E-state index < -0.39 is 6.04 Å². The van der Waals surface area contributed by atoms with Gasteiger partial charge in [-0.1, -0.05) is 38.1 Å². The highest BCUT2D eigenvalue weighted by Crippen LogP contribution is 2.22. The van der Waals surface area contributed by atoms with Crippen LogP contribution in [0.5, 0.6) is 0 Å². The maximum atomic E-state index is 12.5. The Labute approximate surface area is 168 Å². The Bertz CT molecular complexity index is 759. The van der Waals surface area contributed by atoms with Gasteiger partial charge >= 0.3 is 0 Å². The standard InChI is InChI=1S/C22H33N5O/c1-16-9-17(2)13-27(12-16)14-19-7-5-18(6-8-19)10-24-22(28)21(23-3)20-11-25-26(4)15-20/h5-8,11,15-17,21,23H,9-10,12-14H2,1-4H3,(H,24,28). The number of aromatic nitrogens is 2. The van der Waals surface area contributed by atoms with E-state index in [2.05, 4.69) is 58.7 Å². The van der Waals surface area contributed by atoms with Gasteiger partial charge in [-0.2, -0.15) is 5.10 Å². The number of likely N-dealkylation sites (tertiary alicyclic amines) is 1. The summed E-state index contributed by atoms with van der Waals surface area (Å²) >= 11 is 0. The van der Waals surface area contributed by atoms with Crippen LogP contribution in [0.3, 0.4) is 0 Å². The van der Waals surface area contributed by atoms with Crippen molar-refractivity contribution >= 4 is 5.91 Å². The van der Waals surface area contributed by atoms with Crippen molar-refractivity contribution in [2.24, 2.45) is 18.9 Å². The number of amides is 1. The van der Waals surface area contributed by atoms with Crippen molar-refractivity contribution in [1.82, 2.24) is 25.3 Å². The number of rotatable bonds is 7. The molecule has 6 nitrogen and oxygen atoms in total. The summed E-state index contributed by atoms with van der Waals surface area (Å²) in [7, 11) is 3.63. The summed E-state index contributed by atoms with van der Waals surface area (Å²) in [6, 6.07) is 8.20. The summed E-state index contributed by atoms with van der Waals surface area (Å²) < 4.78 is 1.70. The van der Waals surface area contributed by atoms with Crippen molar-refractivity contribution in [3.63, 3.8) is 0 Å². The Balaban J connectivity index is 1.52. The number of hydrogen-bond donors (Lipinski definition) is 2. The Morgan fingerprint density at radius 2 is 1.82 bits per heavy atom. The molecule has 3 rings (SSSR count). The molecule has 3 unspecified atom stereocenters. The number of hydrogen-bond acceptors (Lipinski definition) is 4. The van der Waals surface area contributed by atoms with Crippen LogP contribution in [-0.4, -0.2) is 40.7 Å². The van der Waals surface area contributed by atoms with E-state index >= 15 is 0 Å². The monoisotopic (exact) mass is 383 g/mol. The second-order valence-corrected chi connectivity index (χ2v) is 8.34. The zero-order chi connectivity index (χ0) is 20.1. The lowest BCUT2D eigenvalue weighted by Gasteiger charge is -2.35. The SMILES string of the molecule is CNC(C(=O)NCc1ccc(CN2CC(C)CC(C)C2)cc1)c1cnn(C)c1. The van der Waals surface area contributed by atoms with Crippen LogP contribution in [0.4, 0.5) is 0 Å². The fourth-order valence-corrected chi connectivity index (χ4v) is 4.27. The number of carbonyl (C=O) groups excluding carboxylic acids is 1. The molecule has 3 atom stereocenters. The summed E-state index contributed by atoms with van der Waals surface area (Å²) in [5.74, 6) is 1.51. The van der Waals surface area contributed by atoms with E-state index in [0.717, 1.165) is 29.5 Å². The fourth-order valence-electron chi connectivity index (χ4n) is 4.27. The van der Waals surface area contributed by atoms with Crippen molar-refractivity contribution in [2.45, 2.75) is 39.4 Å². The topological polar surface area (TPSA) is 62.2 Å². The quantitative estimate of drug-likeness (QED) is 0.771. The van der Waals surface area contributed by atoms with Crippen LogP contribution < -0.4 is 10.6 Å². The van der Waals surface area contributed by atoms with Crippen LogP contribution in [-0.2, 0) is 24.9 Å². The van der Waals surface area contributed by atoms with Gasteiger partial charge in [-0.3, -0.25) is 14.4 Å². The molecule has 6 heteroatoms. The summed E-state index contributed by atoms with van der Waals surface area (Å²) in [5.41, 5.74) is 3.31. The molecule has 0 saturated carbocycles. The van der Waals surface area contributed by atoms with E-state index in [1.165, 1.54) is 25.1 Å². The second kappa shape index (κ2) is 9.34. The first-order chi connectivity index (χ1) is 13.4. The fraction of sp³-hybridized carbons (Fsp3) is 0.545. The molecule has 0 radical (unpaired) electrons. The molecule has 28 heavy (non-hydrogen) atoms. The average molecular weight is 384 g/mol. The summed E-state index contributed by atoms with van der Waals surface area (Å²) in [6.07, 6.45) is 4.91. The van der Waals surface area contributed by atoms with Crippen LogP contribution >= 0.6 is 0 Å². The third kappa shape index (κ3) is 5.42. The molecule has 1 aliphatic rings. The van der Waals surface area contributed by atoms with Crippen molar-refractivity contribution in [1.29, 1.82) is 0 Å². The van der Waals surface area contributed by atoms with E-state index in [0.29, 0.717) is 6.54 Å². The first-order valence-corrected chi connectivity index (χ1v) is 10.2. The molecular weight excluding hydrogens is 350 g/mol. The number of carbonyl (C=O) groups is 1. The Morgan fingerprint density at radius 1 is 1.18 bits per heavy atom. The minimum Gasteiger partial charge on any atom is -0.350 e. The van der Waals surface area contributed by atoms with Crippen LogP contribution in [0.1, 0.15) is 43.0 Å². The highest BCUT2D eigenvalue weighted by atomic mass is 16.2. The van der Waals surface area contributed by atoms with Gasteiger partial charge in [-0.25, -0.2) is 0 Å². The van der Waals surface area contributed by atoms with Gasteiger partial charge < -0.3 is 10.6 Å². The molecule has 1 fully saturated rings. The highest BCUT2D eigenvalue weighted by molar-refractivity contribution is 5.83. The van der Waals surface area contributed by atoms with E-state index in [4.69, 9.17) is 0 Å². The van der Waals surface area contributed by atoms with Gasteiger partial charge in [0.1, 0.15) is 6.04 Å².